The maximum atomic E-state index is 10.5. The molecule has 0 saturated heterocycles. The van der Waals surface area contributed by atoms with Gasteiger partial charge >= 0.3 is 0 Å². The Bertz CT molecular complexity index is 732. The molecule has 2 aromatic carbocycles. The fraction of sp³-hybridized carbons (Fsp3) is 0.188. The van der Waals surface area contributed by atoms with Crippen molar-refractivity contribution in [2.24, 2.45) is 7.05 Å². The standard InChI is InChI=1S/C16H16N2O2/c1-18-14-6-4-3-5-13(14)17-16(18)15(19)11-7-9-12(20-2)10-8-11/h3-10,15,19H,1-2H3/t15-/m0/s1. The summed E-state index contributed by atoms with van der Waals surface area (Å²) in [6.45, 7) is 0. The highest BCUT2D eigenvalue weighted by Gasteiger charge is 2.17. The van der Waals surface area contributed by atoms with Crippen LogP contribution in [0.15, 0.2) is 48.5 Å². The van der Waals surface area contributed by atoms with Gasteiger partial charge in [0.25, 0.3) is 0 Å². The van der Waals surface area contributed by atoms with Crippen molar-refractivity contribution in [2.45, 2.75) is 6.10 Å². The second-order valence-electron chi connectivity index (χ2n) is 4.69. The molecule has 1 atom stereocenters. The molecule has 0 aliphatic rings. The molecule has 0 aliphatic heterocycles. The number of para-hydroxylation sites is 2. The fourth-order valence-electron chi connectivity index (χ4n) is 2.34. The first-order valence-electron chi connectivity index (χ1n) is 6.44. The van der Waals surface area contributed by atoms with E-state index in [0.29, 0.717) is 5.82 Å². The molecule has 3 aromatic rings. The van der Waals surface area contributed by atoms with E-state index in [-0.39, 0.29) is 0 Å². The number of benzene rings is 2. The van der Waals surface area contributed by atoms with Crippen LogP contribution in [-0.2, 0) is 7.05 Å². The van der Waals surface area contributed by atoms with Gasteiger partial charge in [-0.15, -0.1) is 0 Å². The van der Waals surface area contributed by atoms with Crippen LogP contribution >= 0.6 is 0 Å². The molecule has 0 amide bonds. The lowest BCUT2D eigenvalue weighted by molar-refractivity contribution is 0.207. The summed E-state index contributed by atoms with van der Waals surface area (Å²) in [5, 5.41) is 10.5. The second-order valence-corrected chi connectivity index (χ2v) is 4.69. The van der Waals surface area contributed by atoms with Crippen LogP contribution in [0.5, 0.6) is 5.75 Å². The summed E-state index contributed by atoms with van der Waals surface area (Å²) < 4.78 is 7.04. The maximum Gasteiger partial charge on any atom is 0.143 e. The molecule has 1 heterocycles. The molecule has 102 valence electrons. The number of methoxy groups -OCH3 is 1. The van der Waals surface area contributed by atoms with E-state index in [1.165, 1.54) is 0 Å². The topological polar surface area (TPSA) is 47.3 Å². The van der Waals surface area contributed by atoms with Gasteiger partial charge in [-0.3, -0.25) is 0 Å². The number of aromatic nitrogens is 2. The van der Waals surface area contributed by atoms with Gasteiger partial charge in [0.05, 0.1) is 18.1 Å². The van der Waals surface area contributed by atoms with E-state index < -0.39 is 6.10 Å². The fourth-order valence-corrected chi connectivity index (χ4v) is 2.34. The minimum Gasteiger partial charge on any atom is -0.497 e. The van der Waals surface area contributed by atoms with Crippen LogP contribution in [0.3, 0.4) is 0 Å². The Morgan fingerprint density at radius 3 is 2.45 bits per heavy atom. The third-order valence-corrected chi connectivity index (χ3v) is 3.50. The van der Waals surface area contributed by atoms with E-state index in [9.17, 15) is 5.11 Å². The van der Waals surface area contributed by atoms with Crippen LogP contribution in [0.4, 0.5) is 0 Å². The molecule has 1 N–H and O–H groups in total. The molecule has 0 bridgehead atoms. The van der Waals surface area contributed by atoms with Crippen molar-refractivity contribution >= 4 is 11.0 Å². The molecule has 1 aromatic heterocycles. The quantitative estimate of drug-likeness (QED) is 0.794. The van der Waals surface area contributed by atoms with Gasteiger partial charge in [-0.1, -0.05) is 24.3 Å². The Morgan fingerprint density at radius 2 is 1.80 bits per heavy atom. The van der Waals surface area contributed by atoms with Crippen molar-refractivity contribution in [3.63, 3.8) is 0 Å². The number of nitrogens with zero attached hydrogens (tertiary/aromatic N) is 2. The van der Waals surface area contributed by atoms with Crippen molar-refractivity contribution in [3.8, 4) is 5.75 Å². The normalized spacial score (nSPS) is 12.6. The Kier molecular flexibility index (Phi) is 3.16. The van der Waals surface area contributed by atoms with Crippen LogP contribution in [0.2, 0.25) is 0 Å². The van der Waals surface area contributed by atoms with Gasteiger partial charge in [0.2, 0.25) is 0 Å². The first-order chi connectivity index (χ1) is 9.70. The van der Waals surface area contributed by atoms with Crippen LogP contribution in [0, 0.1) is 0 Å². The molecule has 4 heteroatoms. The molecular formula is C16H16N2O2. The van der Waals surface area contributed by atoms with Crippen molar-refractivity contribution < 1.29 is 9.84 Å². The van der Waals surface area contributed by atoms with E-state index >= 15 is 0 Å². The zero-order valence-corrected chi connectivity index (χ0v) is 11.4. The Balaban J connectivity index is 2.02. The molecule has 0 fully saturated rings. The number of aliphatic hydroxyl groups is 1. The van der Waals surface area contributed by atoms with Crippen LogP contribution < -0.4 is 4.74 Å². The molecule has 0 unspecified atom stereocenters. The molecule has 3 rings (SSSR count). The second kappa shape index (κ2) is 4.98. The summed E-state index contributed by atoms with van der Waals surface area (Å²) in [5.41, 5.74) is 2.69. The van der Waals surface area contributed by atoms with E-state index in [4.69, 9.17) is 4.74 Å². The average molecular weight is 268 g/mol. The van der Waals surface area contributed by atoms with Gasteiger partial charge in [0.1, 0.15) is 17.7 Å². The van der Waals surface area contributed by atoms with E-state index in [0.717, 1.165) is 22.3 Å². The molecule has 4 nitrogen and oxygen atoms in total. The van der Waals surface area contributed by atoms with Gasteiger partial charge in [-0.25, -0.2) is 4.98 Å². The zero-order valence-electron chi connectivity index (χ0n) is 11.4. The Labute approximate surface area is 117 Å². The smallest absolute Gasteiger partial charge is 0.143 e. The number of hydrogen-bond acceptors (Lipinski definition) is 3. The molecule has 0 radical (unpaired) electrons. The lowest BCUT2D eigenvalue weighted by atomic mass is 10.1. The third-order valence-electron chi connectivity index (χ3n) is 3.50. The van der Waals surface area contributed by atoms with Crippen molar-refractivity contribution in [3.05, 3.63) is 59.9 Å². The average Bonchev–Trinajstić information content (AvgIpc) is 2.84. The predicted molar refractivity (Wildman–Crippen MR) is 77.8 cm³/mol. The van der Waals surface area contributed by atoms with Crippen LogP contribution in [0.25, 0.3) is 11.0 Å². The van der Waals surface area contributed by atoms with Crippen molar-refractivity contribution in [1.29, 1.82) is 0 Å². The summed E-state index contributed by atoms with van der Waals surface area (Å²) in [6, 6.07) is 15.2. The molecular weight excluding hydrogens is 252 g/mol. The number of hydrogen-bond donors (Lipinski definition) is 1. The van der Waals surface area contributed by atoms with Gasteiger partial charge in [-0.05, 0) is 29.8 Å². The number of imidazole rings is 1. The lowest BCUT2D eigenvalue weighted by Gasteiger charge is -2.11. The first kappa shape index (κ1) is 12.7. The van der Waals surface area contributed by atoms with Crippen molar-refractivity contribution in [1.82, 2.24) is 9.55 Å². The first-order valence-corrected chi connectivity index (χ1v) is 6.44. The molecule has 20 heavy (non-hydrogen) atoms. The van der Waals surface area contributed by atoms with Crippen LogP contribution in [-0.4, -0.2) is 21.8 Å². The monoisotopic (exact) mass is 268 g/mol. The SMILES string of the molecule is COc1ccc([C@H](O)c2nc3ccccc3n2C)cc1. The minimum atomic E-state index is -0.752. The van der Waals surface area contributed by atoms with E-state index in [2.05, 4.69) is 4.98 Å². The largest absolute Gasteiger partial charge is 0.497 e. The maximum absolute atomic E-state index is 10.5. The zero-order chi connectivity index (χ0) is 14.1. The summed E-state index contributed by atoms with van der Waals surface area (Å²) in [7, 11) is 3.54. The highest BCUT2D eigenvalue weighted by Crippen LogP contribution is 2.25. The third kappa shape index (κ3) is 2.04. The lowest BCUT2D eigenvalue weighted by Crippen LogP contribution is -2.07. The van der Waals surface area contributed by atoms with Gasteiger partial charge in [-0.2, -0.15) is 0 Å². The molecule has 0 saturated carbocycles. The molecule has 0 aliphatic carbocycles. The van der Waals surface area contributed by atoms with Gasteiger partial charge < -0.3 is 14.4 Å². The summed E-state index contributed by atoms with van der Waals surface area (Å²) in [6.07, 6.45) is -0.752. The summed E-state index contributed by atoms with van der Waals surface area (Å²) in [4.78, 5) is 4.51. The number of fused-ring (bicyclic) bond motifs is 1. The number of aliphatic hydroxyl groups excluding tert-OH is 1. The highest BCUT2D eigenvalue weighted by molar-refractivity contribution is 5.76. The Morgan fingerprint density at radius 1 is 1.10 bits per heavy atom. The number of ether oxygens (including phenoxy) is 1. The Hall–Kier alpha value is -2.33. The van der Waals surface area contributed by atoms with Crippen LogP contribution in [0.1, 0.15) is 17.5 Å². The minimum absolute atomic E-state index is 0.636. The highest BCUT2D eigenvalue weighted by atomic mass is 16.5. The summed E-state index contributed by atoms with van der Waals surface area (Å²) >= 11 is 0. The van der Waals surface area contributed by atoms with Gasteiger partial charge in [0.15, 0.2) is 0 Å². The predicted octanol–water partition coefficient (Wildman–Crippen LogP) is 2.66. The van der Waals surface area contributed by atoms with Gasteiger partial charge in [0, 0.05) is 7.05 Å². The molecule has 0 spiro atoms. The summed E-state index contributed by atoms with van der Waals surface area (Å²) in [5.74, 6) is 1.40. The van der Waals surface area contributed by atoms with E-state index in [1.54, 1.807) is 7.11 Å². The number of rotatable bonds is 3. The number of aryl methyl sites for hydroxylation is 1. The van der Waals surface area contributed by atoms with E-state index in [1.807, 2.05) is 60.1 Å². The van der Waals surface area contributed by atoms with Crippen molar-refractivity contribution in [2.75, 3.05) is 7.11 Å².